The van der Waals surface area contributed by atoms with Gasteiger partial charge in [-0.1, -0.05) is 15.9 Å². The molecule has 0 atom stereocenters. The molecular formula is C12H9BrFIN2. The van der Waals surface area contributed by atoms with Crippen molar-refractivity contribution >= 4 is 55.6 Å². The average Bonchev–Trinajstić information content (AvgIpc) is 2.22. The zero-order valence-electron chi connectivity index (χ0n) is 8.68. The van der Waals surface area contributed by atoms with E-state index in [1.165, 1.54) is 12.1 Å². The highest BCUT2D eigenvalue weighted by molar-refractivity contribution is 14.1. The second-order valence-corrected chi connectivity index (χ2v) is 5.60. The highest BCUT2D eigenvalue weighted by atomic mass is 127. The van der Waals surface area contributed by atoms with Gasteiger partial charge in [0.25, 0.3) is 0 Å². The van der Waals surface area contributed by atoms with Crippen LogP contribution < -0.4 is 11.1 Å². The summed E-state index contributed by atoms with van der Waals surface area (Å²) in [6, 6.07) is 10.2. The van der Waals surface area contributed by atoms with Crippen LogP contribution in [0.5, 0.6) is 0 Å². The van der Waals surface area contributed by atoms with Gasteiger partial charge in [0.1, 0.15) is 5.82 Å². The van der Waals surface area contributed by atoms with Gasteiger partial charge in [0.15, 0.2) is 0 Å². The number of rotatable bonds is 2. The van der Waals surface area contributed by atoms with E-state index in [1.807, 2.05) is 18.2 Å². The molecule has 3 N–H and O–H groups in total. The van der Waals surface area contributed by atoms with Crippen LogP contribution in [0, 0.1) is 9.39 Å². The summed E-state index contributed by atoms with van der Waals surface area (Å²) in [6.45, 7) is 0. The maximum absolute atomic E-state index is 13.2. The van der Waals surface area contributed by atoms with E-state index in [4.69, 9.17) is 5.73 Å². The van der Waals surface area contributed by atoms with Crippen LogP contribution in [0.1, 0.15) is 0 Å². The molecule has 0 amide bonds. The summed E-state index contributed by atoms with van der Waals surface area (Å²) in [5.74, 6) is -0.350. The zero-order valence-corrected chi connectivity index (χ0v) is 12.4. The SMILES string of the molecule is Nc1cc(F)cc(Nc2cc(Br)ccc2I)c1. The number of hydrogen-bond acceptors (Lipinski definition) is 2. The Morgan fingerprint density at radius 2 is 1.94 bits per heavy atom. The molecule has 2 nitrogen and oxygen atoms in total. The second-order valence-electron chi connectivity index (χ2n) is 3.52. The lowest BCUT2D eigenvalue weighted by molar-refractivity contribution is 0.629. The Kier molecular flexibility index (Phi) is 3.88. The topological polar surface area (TPSA) is 38.0 Å². The van der Waals surface area contributed by atoms with E-state index in [9.17, 15) is 4.39 Å². The monoisotopic (exact) mass is 406 g/mol. The van der Waals surface area contributed by atoms with Gasteiger partial charge >= 0.3 is 0 Å². The van der Waals surface area contributed by atoms with E-state index in [2.05, 4.69) is 43.8 Å². The highest BCUT2D eigenvalue weighted by Crippen LogP contribution is 2.27. The molecule has 2 aromatic rings. The summed E-state index contributed by atoms with van der Waals surface area (Å²) < 4.78 is 15.2. The molecule has 88 valence electrons. The first kappa shape index (κ1) is 12.6. The van der Waals surface area contributed by atoms with Crippen molar-refractivity contribution in [2.45, 2.75) is 0 Å². The van der Waals surface area contributed by atoms with Gasteiger partial charge in [0.05, 0.1) is 5.69 Å². The minimum Gasteiger partial charge on any atom is -0.399 e. The summed E-state index contributed by atoms with van der Waals surface area (Å²) in [4.78, 5) is 0. The Hall–Kier alpha value is -0.820. The van der Waals surface area contributed by atoms with E-state index in [1.54, 1.807) is 6.07 Å². The third kappa shape index (κ3) is 3.32. The minimum absolute atomic E-state index is 0.350. The van der Waals surface area contributed by atoms with Crippen LogP contribution in [0.4, 0.5) is 21.5 Å². The molecule has 0 unspecified atom stereocenters. The number of nitrogens with two attached hydrogens (primary N) is 1. The number of nitrogen functional groups attached to an aromatic ring is 1. The Labute approximate surface area is 121 Å². The summed E-state index contributed by atoms with van der Waals surface area (Å²) in [5, 5.41) is 3.14. The molecule has 0 spiro atoms. The van der Waals surface area contributed by atoms with E-state index >= 15 is 0 Å². The van der Waals surface area contributed by atoms with Gasteiger partial charge in [-0.25, -0.2) is 4.39 Å². The quantitative estimate of drug-likeness (QED) is 0.568. The molecule has 0 saturated carbocycles. The van der Waals surface area contributed by atoms with Gasteiger partial charge < -0.3 is 11.1 Å². The van der Waals surface area contributed by atoms with Crippen LogP contribution in [-0.4, -0.2) is 0 Å². The van der Waals surface area contributed by atoms with E-state index in [0.29, 0.717) is 11.4 Å². The Morgan fingerprint density at radius 3 is 2.65 bits per heavy atom. The maximum Gasteiger partial charge on any atom is 0.127 e. The molecule has 0 saturated heterocycles. The minimum atomic E-state index is -0.350. The van der Waals surface area contributed by atoms with E-state index in [-0.39, 0.29) is 5.82 Å². The number of benzene rings is 2. The molecule has 0 aliphatic carbocycles. The predicted molar refractivity (Wildman–Crippen MR) is 81.0 cm³/mol. The number of anilines is 3. The molecule has 0 aliphatic rings. The summed E-state index contributed by atoms with van der Waals surface area (Å²) in [6.07, 6.45) is 0. The zero-order chi connectivity index (χ0) is 12.4. The van der Waals surface area contributed by atoms with Crippen molar-refractivity contribution < 1.29 is 4.39 Å². The fourth-order valence-corrected chi connectivity index (χ4v) is 2.26. The predicted octanol–water partition coefficient (Wildman–Crippen LogP) is 4.52. The standard InChI is InChI=1S/C12H9BrFIN2/c13-7-1-2-11(15)12(3-7)17-10-5-8(14)4-9(16)6-10/h1-6,17H,16H2. The lowest BCUT2D eigenvalue weighted by Gasteiger charge is -2.10. The van der Waals surface area contributed by atoms with Crippen molar-refractivity contribution in [3.8, 4) is 0 Å². The Morgan fingerprint density at radius 1 is 1.18 bits per heavy atom. The van der Waals surface area contributed by atoms with Gasteiger partial charge in [-0.15, -0.1) is 0 Å². The van der Waals surface area contributed by atoms with Gasteiger partial charge in [-0.05, 0) is 59.0 Å². The fraction of sp³-hybridized carbons (Fsp3) is 0. The van der Waals surface area contributed by atoms with E-state index in [0.717, 1.165) is 13.7 Å². The number of nitrogens with one attached hydrogen (secondary N) is 1. The second kappa shape index (κ2) is 5.22. The lowest BCUT2D eigenvalue weighted by Crippen LogP contribution is -1.95. The van der Waals surface area contributed by atoms with Crippen molar-refractivity contribution in [3.05, 3.63) is 50.3 Å². The molecule has 0 heterocycles. The summed E-state index contributed by atoms with van der Waals surface area (Å²) >= 11 is 5.61. The Bertz CT molecular complexity index is 540. The Balaban J connectivity index is 2.34. The molecule has 0 aliphatic heterocycles. The maximum atomic E-state index is 13.2. The molecule has 2 aromatic carbocycles. The first-order chi connectivity index (χ1) is 8.04. The summed E-state index contributed by atoms with van der Waals surface area (Å²) in [5.41, 5.74) is 7.54. The molecular weight excluding hydrogens is 398 g/mol. The van der Waals surface area contributed by atoms with Gasteiger partial charge in [-0.2, -0.15) is 0 Å². The van der Waals surface area contributed by atoms with Crippen molar-refractivity contribution in [3.63, 3.8) is 0 Å². The van der Waals surface area contributed by atoms with Gasteiger partial charge in [-0.3, -0.25) is 0 Å². The smallest absolute Gasteiger partial charge is 0.127 e. The van der Waals surface area contributed by atoms with Crippen LogP contribution in [-0.2, 0) is 0 Å². The normalized spacial score (nSPS) is 10.3. The molecule has 0 radical (unpaired) electrons. The fourth-order valence-electron chi connectivity index (χ4n) is 1.43. The first-order valence-corrected chi connectivity index (χ1v) is 6.70. The van der Waals surface area contributed by atoms with Gasteiger partial charge in [0, 0.05) is 19.4 Å². The first-order valence-electron chi connectivity index (χ1n) is 4.83. The van der Waals surface area contributed by atoms with Crippen molar-refractivity contribution in [2.24, 2.45) is 0 Å². The van der Waals surface area contributed by atoms with Crippen LogP contribution in [0.3, 0.4) is 0 Å². The van der Waals surface area contributed by atoms with Crippen molar-refractivity contribution in [2.75, 3.05) is 11.1 Å². The summed E-state index contributed by atoms with van der Waals surface area (Å²) in [7, 11) is 0. The van der Waals surface area contributed by atoms with Crippen molar-refractivity contribution in [1.82, 2.24) is 0 Å². The molecule has 0 aromatic heterocycles. The van der Waals surface area contributed by atoms with Crippen molar-refractivity contribution in [1.29, 1.82) is 0 Å². The number of hydrogen-bond donors (Lipinski definition) is 2. The number of halogens is 3. The highest BCUT2D eigenvalue weighted by Gasteiger charge is 2.03. The molecule has 0 bridgehead atoms. The van der Waals surface area contributed by atoms with Crippen LogP contribution in [0.2, 0.25) is 0 Å². The van der Waals surface area contributed by atoms with Crippen LogP contribution >= 0.6 is 38.5 Å². The molecule has 2 rings (SSSR count). The van der Waals surface area contributed by atoms with Crippen LogP contribution in [0.25, 0.3) is 0 Å². The largest absolute Gasteiger partial charge is 0.399 e. The third-order valence-corrected chi connectivity index (χ3v) is 3.56. The molecule has 0 fully saturated rings. The molecule has 17 heavy (non-hydrogen) atoms. The molecule has 5 heteroatoms. The third-order valence-electron chi connectivity index (χ3n) is 2.13. The van der Waals surface area contributed by atoms with Crippen LogP contribution in [0.15, 0.2) is 40.9 Å². The lowest BCUT2D eigenvalue weighted by atomic mass is 10.2. The van der Waals surface area contributed by atoms with Gasteiger partial charge in [0.2, 0.25) is 0 Å². The average molecular weight is 407 g/mol. The van der Waals surface area contributed by atoms with E-state index < -0.39 is 0 Å².